The zero-order valence-electron chi connectivity index (χ0n) is 7.47. The average molecular weight is 172 g/mol. The molecule has 0 bridgehead atoms. The van der Waals surface area contributed by atoms with Crippen LogP contribution < -0.4 is 0 Å². The van der Waals surface area contributed by atoms with Crippen molar-refractivity contribution < 1.29 is 4.79 Å². The van der Waals surface area contributed by atoms with E-state index in [1.54, 1.807) is 0 Å². The van der Waals surface area contributed by atoms with Crippen LogP contribution in [-0.2, 0) is 4.79 Å². The molecule has 64 valence electrons. The fraction of sp³-hybridized carbons (Fsp3) is 0.889. The van der Waals surface area contributed by atoms with Gasteiger partial charge in [0.1, 0.15) is 5.78 Å². The van der Waals surface area contributed by atoms with Crippen LogP contribution in [0.15, 0.2) is 0 Å². The number of carbonyl (C=O) groups excluding carboxylic acids is 1. The minimum Gasteiger partial charge on any atom is -0.300 e. The first-order valence-electron chi connectivity index (χ1n) is 4.53. The van der Waals surface area contributed by atoms with Crippen LogP contribution in [-0.4, -0.2) is 23.8 Å². The van der Waals surface area contributed by atoms with E-state index in [2.05, 4.69) is 13.8 Å². The second kappa shape index (κ2) is 4.21. The van der Waals surface area contributed by atoms with Gasteiger partial charge in [0.2, 0.25) is 0 Å². The van der Waals surface area contributed by atoms with Crippen molar-refractivity contribution in [3.8, 4) is 0 Å². The van der Waals surface area contributed by atoms with Crippen LogP contribution in [0.5, 0.6) is 0 Å². The molecule has 1 unspecified atom stereocenters. The van der Waals surface area contributed by atoms with Gasteiger partial charge in [-0.25, -0.2) is 0 Å². The summed E-state index contributed by atoms with van der Waals surface area (Å²) in [6.45, 7) is 4.52. The molecule has 1 aliphatic rings. The number of rotatable bonds is 3. The topological polar surface area (TPSA) is 17.1 Å². The molecule has 0 aromatic heterocycles. The van der Waals surface area contributed by atoms with Gasteiger partial charge in [0.15, 0.2) is 0 Å². The van der Waals surface area contributed by atoms with Crippen molar-refractivity contribution in [3.63, 3.8) is 0 Å². The molecule has 0 aliphatic heterocycles. The van der Waals surface area contributed by atoms with E-state index < -0.39 is 0 Å². The molecule has 0 N–H and O–H groups in total. The molecular formula is C9H17OP. The van der Waals surface area contributed by atoms with Crippen LogP contribution in [0, 0.1) is 0 Å². The summed E-state index contributed by atoms with van der Waals surface area (Å²) in [6.07, 6.45) is 5.57. The third-order valence-electron chi connectivity index (χ3n) is 2.55. The molecule has 2 heteroatoms. The fourth-order valence-electron chi connectivity index (χ4n) is 1.85. The molecule has 0 saturated heterocycles. The van der Waals surface area contributed by atoms with Crippen molar-refractivity contribution in [2.24, 2.45) is 0 Å². The van der Waals surface area contributed by atoms with Gasteiger partial charge in [0.05, 0.1) is 0 Å². The zero-order chi connectivity index (χ0) is 8.27. The highest BCUT2D eigenvalue weighted by Crippen LogP contribution is 2.46. The molecule has 0 heterocycles. The van der Waals surface area contributed by atoms with E-state index in [0.717, 1.165) is 18.5 Å². The quantitative estimate of drug-likeness (QED) is 0.598. The van der Waals surface area contributed by atoms with Crippen molar-refractivity contribution in [2.75, 3.05) is 12.3 Å². The van der Waals surface area contributed by atoms with Crippen molar-refractivity contribution >= 4 is 13.7 Å². The molecule has 0 amide bonds. The average Bonchev–Trinajstić information content (AvgIpc) is 2.39. The van der Waals surface area contributed by atoms with Gasteiger partial charge in [-0.05, 0) is 24.4 Å². The highest BCUT2D eigenvalue weighted by atomic mass is 31.1. The molecule has 1 atom stereocenters. The number of hydrogen-bond acceptors (Lipinski definition) is 1. The van der Waals surface area contributed by atoms with E-state index in [1.807, 2.05) is 0 Å². The SMILES string of the molecule is CCP(CC)C1CCC(=O)C1. The lowest BCUT2D eigenvalue weighted by molar-refractivity contribution is -0.117. The Morgan fingerprint density at radius 2 is 2.09 bits per heavy atom. The maximum absolute atomic E-state index is 11.0. The summed E-state index contributed by atoms with van der Waals surface area (Å²) in [6, 6.07) is 0. The Morgan fingerprint density at radius 3 is 2.45 bits per heavy atom. The Balaban J connectivity index is 2.40. The largest absolute Gasteiger partial charge is 0.300 e. The molecular weight excluding hydrogens is 155 g/mol. The van der Waals surface area contributed by atoms with Crippen molar-refractivity contribution in [1.29, 1.82) is 0 Å². The monoisotopic (exact) mass is 172 g/mol. The van der Waals surface area contributed by atoms with Gasteiger partial charge in [0.25, 0.3) is 0 Å². The van der Waals surface area contributed by atoms with Crippen molar-refractivity contribution in [1.82, 2.24) is 0 Å². The van der Waals surface area contributed by atoms with Gasteiger partial charge >= 0.3 is 0 Å². The molecule has 1 rings (SSSR count). The summed E-state index contributed by atoms with van der Waals surface area (Å²) in [5, 5.41) is 0. The minimum atomic E-state index is 0.195. The normalized spacial score (nSPS) is 25.0. The van der Waals surface area contributed by atoms with E-state index in [9.17, 15) is 4.79 Å². The molecule has 0 radical (unpaired) electrons. The van der Waals surface area contributed by atoms with Gasteiger partial charge in [-0.2, -0.15) is 0 Å². The summed E-state index contributed by atoms with van der Waals surface area (Å²) in [4.78, 5) is 11.0. The molecule has 0 aromatic carbocycles. The van der Waals surface area contributed by atoms with Crippen LogP contribution >= 0.6 is 7.92 Å². The van der Waals surface area contributed by atoms with Crippen LogP contribution in [0.3, 0.4) is 0 Å². The predicted molar refractivity (Wildman–Crippen MR) is 50.6 cm³/mol. The number of ketones is 1. The lowest BCUT2D eigenvalue weighted by atomic mass is 10.4. The first kappa shape index (κ1) is 9.19. The summed E-state index contributed by atoms with van der Waals surface area (Å²) in [7, 11) is 0.195. The van der Waals surface area contributed by atoms with Crippen molar-refractivity contribution in [3.05, 3.63) is 0 Å². The number of Topliss-reactive ketones (excluding diaryl/α,β-unsaturated/α-hetero) is 1. The summed E-state index contributed by atoms with van der Waals surface area (Å²) in [5.74, 6) is 0.504. The minimum absolute atomic E-state index is 0.195. The van der Waals surface area contributed by atoms with Gasteiger partial charge < -0.3 is 0 Å². The molecule has 1 aliphatic carbocycles. The maximum Gasteiger partial charge on any atom is 0.133 e. The third kappa shape index (κ3) is 2.27. The molecule has 1 fully saturated rings. The highest BCUT2D eigenvalue weighted by molar-refractivity contribution is 7.58. The van der Waals surface area contributed by atoms with Gasteiger partial charge in [-0.15, -0.1) is 7.92 Å². The summed E-state index contributed by atoms with van der Waals surface area (Å²) >= 11 is 0. The van der Waals surface area contributed by atoms with E-state index in [-0.39, 0.29) is 7.92 Å². The van der Waals surface area contributed by atoms with E-state index in [4.69, 9.17) is 0 Å². The van der Waals surface area contributed by atoms with Crippen LogP contribution in [0.2, 0.25) is 0 Å². The predicted octanol–water partition coefficient (Wildman–Crippen LogP) is 2.63. The van der Waals surface area contributed by atoms with Crippen LogP contribution in [0.25, 0.3) is 0 Å². The lowest BCUT2D eigenvalue weighted by Crippen LogP contribution is -2.03. The molecule has 1 nitrogen and oxygen atoms in total. The smallest absolute Gasteiger partial charge is 0.133 e. The molecule has 0 spiro atoms. The molecule has 0 aromatic rings. The first-order chi connectivity index (χ1) is 5.27. The summed E-state index contributed by atoms with van der Waals surface area (Å²) in [5.41, 5.74) is 0.785. The van der Waals surface area contributed by atoms with Crippen molar-refractivity contribution in [2.45, 2.75) is 38.8 Å². The van der Waals surface area contributed by atoms with Gasteiger partial charge in [0, 0.05) is 12.8 Å². The maximum atomic E-state index is 11.0. The second-order valence-corrected chi connectivity index (χ2v) is 6.33. The Labute approximate surface area is 70.3 Å². The van der Waals surface area contributed by atoms with Crippen LogP contribution in [0.1, 0.15) is 33.1 Å². The Kier molecular flexibility index (Phi) is 3.51. The second-order valence-electron chi connectivity index (χ2n) is 3.16. The molecule has 11 heavy (non-hydrogen) atoms. The van der Waals surface area contributed by atoms with Gasteiger partial charge in [-0.3, -0.25) is 4.79 Å². The van der Waals surface area contributed by atoms with E-state index in [1.165, 1.54) is 18.7 Å². The summed E-state index contributed by atoms with van der Waals surface area (Å²) < 4.78 is 0. The fourth-order valence-corrected chi connectivity index (χ4v) is 4.28. The van der Waals surface area contributed by atoms with Crippen LogP contribution in [0.4, 0.5) is 0 Å². The Hall–Kier alpha value is 0.100. The third-order valence-corrected chi connectivity index (χ3v) is 5.65. The lowest BCUT2D eigenvalue weighted by Gasteiger charge is -2.19. The van der Waals surface area contributed by atoms with E-state index >= 15 is 0 Å². The highest BCUT2D eigenvalue weighted by Gasteiger charge is 2.26. The zero-order valence-corrected chi connectivity index (χ0v) is 8.36. The number of carbonyl (C=O) groups is 1. The Bertz CT molecular complexity index is 140. The first-order valence-corrected chi connectivity index (χ1v) is 6.31. The van der Waals surface area contributed by atoms with E-state index in [0.29, 0.717) is 5.78 Å². The number of hydrogen-bond donors (Lipinski definition) is 0. The Morgan fingerprint density at radius 1 is 1.45 bits per heavy atom. The molecule has 1 saturated carbocycles. The van der Waals surface area contributed by atoms with Gasteiger partial charge in [-0.1, -0.05) is 13.8 Å². The standard InChI is InChI=1S/C9H17OP/c1-3-11(4-2)9-6-5-8(10)7-9/h9H,3-7H2,1-2H3.